The molecule has 0 heterocycles. The van der Waals surface area contributed by atoms with Crippen molar-refractivity contribution in [2.45, 2.75) is 46.1 Å². The molecule has 0 aromatic carbocycles. The Labute approximate surface area is 163 Å². The van der Waals surface area contributed by atoms with Crippen LogP contribution in [0.4, 0.5) is 0 Å². The van der Waals surface area contributed by atoms with Crippen molar-refractivity contribution in [3.8, 4) is 0 Å². The molecule has 1 atom stereocenters. The molecule has 0 aliphatic heterocycles. The van der Waals surface area contributed by atoms with E-state index in [1.54, 1.807) is 6.92 Å². The van der Waals surface area contributed by atoms with E-state index in [0.29, 0.717) is 19.6 Å². The summed E-state index contributed by atoms with van der Waals surface area (Å²) in [6.07, 6.45) is 28.3. The van der Waals surface area contributed by atoms with Crippen molar-refractivity contribution in [2.75, 3.05) is 13.2 Å². The summed E-state index contributed by atoms with van der Waals surface area (Å²) in [7, 11) is 0. The van der Waals surface area contributed by atoms with E-state index in [1.807, 2.05) is 13.0 Å². The molecule has 3 heteroatoms. The zero-order chi connectivity index (χ0) is 19.6. The quantitative estimate of drug-likeness (QED) is 0.399. The number of allylic oxidation sites excluding steroid dienone is 11. The largest absolute Gasteiger partial charge is 0.464 e. The summed E-state index contributed by atoms with van der Waals surface area (Å²) < 4.78 is 10.5. The standard InChI is InChI=1S/C24H32O3/c1-4-26-21(22(25)27-5-2)13-9-6-7-10-14-23(3)17-19-24(20-18-23)15-11-8-12-16-24/h6,9-12,14-21H,4-5,7-8,13H2,1-3H3/b9-6+,14-10-. The van der Waals surface area contributed by atoms with Crippen molar-refractivity contribution in [1.29, 1.82) is 0 Å². The average Bonchev–Trinajstić information content (AvgIpc) is 2.67. The first-order valence-corrected chi connectivity index (χ1v) is 9.89. The van der Waals surface area contributed by atoms with Crippen LogP contribution in [0, 0.1) is 10.8 Å². The first-order chi connectivity index (χ1) is 13.0. The number of carbonyl (C=O) groups excluding carboxylic acids is 1. The second kappa shape index (κ2) is 10.3. The first-order valence-electron chi connectivity index (χ1n) is 9.89. The molecule has 0 fully saturated rings. The van der Waals surface area contributed by atoms with E-state index in [2.05, 4.69) is 73.8 Å². The molecule has 0 saturated heterocycles. The average molecular weight is 369 g/mol. The molecule has 2 aliphatic carbocycles. The number of hydrogen-bond acceptors (Lipinski definition) is 3. The third kappa shape index (κ3) is 6.51. The summed E-state index contributed by atoms with van der Waals surface area (Å²) in [5.74, 6) is -0.288. The van der Waals surface area contributed by atoms with Gasteiger partial charge in [0, 0.05) is 23.9 Å². The second-order valence-corrected chi connectivity index (χ2v) is 7.11. The van der Waals surface area contributed by atoms with E-state index in [1.165, 1.54) is 0 Å². The molecule has 0 aromatic heterocycles. The molecule has 0 bridgehead atoms. The maximum absolute atomic E-state index is 11.8. The fourth-order valence-electron chi connectivity index (χ4n) is 3.16. The number of hydrogen-bond donors (Lipinski definition) is 0. The summed E-state index contributed by atoms with van der Waals surface area (Å²) >= 11 is 0. The Bertz CT molecular complexity index is 633. The van der Waals surface area contributed by atoms with Gasteiger partial charge in [0.2, 0.25) is 0 Å². The van der Waals surface area contributed by atoms with Crippen molar-refractivity contribution >= 4 is 5.97 Å². The van der Waals surface area contributed by atoms with Crippen molar-refractivity contribution in [3.05, 3.63) is 72.9 Å². The predicted octanol–water partition coefficient (Wildman–Crippen LogP) is 5.48. The number of ether oxygens (including phenoxy) is 2. The van der Waals surface area contributed by atoms with Gasteiger partial charge < -0.3 is 9.47 Å². The third-order valence-electron chi connectivity index (χ3n) is 4.73. The van der Waals surface area contributed by atoms with Crippen LogP contribution in [0.1, 0.15) is 40.0 Å². The molecule has 1 spiro atoms. The van der Waals surface area contributed by atoms with Crippen molar-refractivity contribution < 1.29 is 14.3 Å². The van der Waals surface area contributed by atoms with Gasteiger partial charge in [-0.3, -0.25) is 0 Å². The Morgan fingerprint density at radius 1 is 1.00 bits per heavy atom. The smallest absolute Gasteiger partial charge is 0.335 e. The van der Waals surface area contributed by atoms with Crippen LogP contribution in [0.25, 0.3) is 0 Å². The molecular formula is C24H32O3. The predicted molar refractivity (Wildman–Crippen MR) is 111 cm³/mol. The van der Waals surface area contributed by atoms with Gasteiger partial charge >= 0.3 is 5.97 Å². The summed E-state index contributed by atoms with van der Waals surface area (Å²) in [5.41, 5.74) is -0.0934. The zero-order valence-electron chi connectivity index (χ0n) is 16.8. The van der Waals surface area contributed by atoms with Gasteiger partial charge in [-0.15, -0.1) is 0 Å². The fraction of sp³-hybridized carbons (Fsp3) is 0.458. The van der Waals surface area contributed by atoms with Gasteiger partial charge in [0.05, 0.1) is 6.61 Å². The molecule has 27 heavy (non-hydrogen) atoms. The molecule has 0 aromatic rings. The van der Waals surface area contributed by atoms with Gasteiger partial charge in [0.1, 0.15) is 0 Å². The van der Waals surface area contributed by atoms with Gasteiger partial charge in [0.25, 0.3) is 0 Å². The van der Waals surface area contributed by atoms with Crippen LogP contribution >= 0.6 is 0 Å². The van der Waals surface area contributed by atoms with Crippen LogP contribution in [0.2, 0.25) is 0 Å². The molecule has 0 saturated carbocycles. The fourth-order valence-corrected chi connectivity index (χ4v) is 3.16. The van der Waals surface area contributed by atoms with Crippen molar-refractivity contribution in [2.24, 2.45) is 10.8 Å². The number of rotatable bonds is 9. The Morgan fingerprint density at radius 2 is 1.70 bits per heavy atom. The van der Waals surface area contributed by atoms with E-state index >= 15 is 0 Å². The SMILES string of the molecule is CCOC(=O)C(C/C=C/C/C=C\C1(C)C=CC2(C=CCC=C2)C=C1)OCC. The van der Waals surface area contributed by atoms with E-state index in [0.717, 1.165) is 12.8 Å². The summed E-state index contributed by atoms with van der Waals surface area (Å²) in [5, 5.41) is 0. The Balaban J connectivity index is 1.82. The van der Waals surface area contributed by atoms with Gasteiger partial charge in [-0.1, -0.05) is 72.9 Å². The highest BCUT2D eigenvalue weighted by Gasteiger charge is 2.26. The minimum Gasteiger partial charge on any atom is -0.464 e. The highest BCUT2D eigenvalue weighted by Crippen LogP contribution is 2.38. The molecule has 0 radical (unpaired) electrons. The highest BCUT2D eigenvalue weighted by molar-refractivity contribution is 5.74. The molecule has 1 unspecified atom stereocenters. The number of carbonyl (C=O) groups is 1. The summed E-state index contributed by atoms with van der Waals surface area (Å²) in [6, 6.07) is 0. The van der Waals surface area contributed by atoms with E-state index in [9.17, 15) is 4.79 Å². The van der Waals surface area contributed by atoms with Crippen LogP contribution in [0.15, 0.2) is 72.9 Å². The molecule has 0 amide bonds. The third-order valence-corrected chi connectivity index (χ3v) is 4.73. The summed E-state index contributed by atoms with van der Waals surface area (Å²) in [6.45, 7) is 6.77. The van der Waals surface area contributed by atoms with Crippen LogP contribution < -0.4 is 0 Å². The highest BCUT2D eigenvalue weighted by atomic mass is 16.6. The normalized spacial score (nSPS) is 20.7. The van der Waals surface area contributed by atoms with Crippen LogP contribution in [-0.4, -0.2) is 25.3 Å². The minimum atomic E-state index is -0.510. The molecule has 2 rings (SSSR count). The summed E-state index contributed by atoms with van der Waals surface area (Å²) in [4.78, 5) is 11.8. The van der Waals surface area contributed by atoms with Gasteiger partial charge in [-0.2, -0.15) is 0 Å². The first kappa shape index (κ1) is 21.2. The zero-order valence-corrected chi connectivity index (χ0v) is 16.8. The van der Waals surface area contributed by atoms with Crippen LogP contribution in [-0.2, 0) is 14.3 Å². The molecule has 3 nitrogen and oxygen atoms in total. The minimum absolute atomic E-state index is 0.0348. The Kier molecular flexibility index (Phi) is 8.05. The molecule has 2 aliphatic rings. The van der Waals surface area contributed by atoms with Gasteiger partial charge in [-0.05, 0) is 33.6 Å². The Hall–Kier alpha value is -2.13. The van der Waals surface area contributed by atoms with Crippen molar-refractivity contribution in [3.63, 3.8) is 0 Å². The lowest BCUT2D eigenvalue weighted by Crippen LogP contribution is -2.26. The van der Waals surface area contributed by atoms with Crippen molar-refractivity contribution in [1.82, 2.24) is 0 Å². The molecule has 146 valence electrons. The maximum Gasteiger partial charge on any atom is 0.335 e. The van der Waals surface area contributed by atoms with Crippen LogP contribution in [0.3, 0.4) is 0 Å². The maximum atomic E-state index is 11.8. The van der Waals surface area contributed by atoms with Gasteiger partial charge in [0.15, 0.2) is 6.10 Å². The molecule has 0 N–H and O–H groups in total. The van der Waals surface area contributed by atoms with Gasteiger partial charge in [-0.25, -0.2) is 4.79 Å². The lowest BCUT2D eigenvalue weighted by atomic mass is 9.74. The number of esters is 1. The second-order valence-electron chi connectivity index (χ2n) is 7.11. The monoisotopic (exact) mass is 368 g/mol. The lowest BCUT2D eigenvalue weighted by Gasteiger charge is -2.30. The van der Waals surface area contributed by atoms with E-state index in [-0.39, 0.29) is 16.8 Å². The lowest BCUT2D eigenvalue weighted by molar-refractivity contribution is -0.156. The Morgan fingerprint density at radius 3 is 2.33 bits per heavy atom. The van der Waals surface area contributed by atoms with E-state index < -0.39 is 6.10 Å². The van der Waals surface area contributed by atoms with Crippen LogP contribution in [0.5, 0.6) is 0 Å². The topological polar surface area (TPSA) is 35.5 Å². The molecular weight excluding hydrogens is 336 g/mol. The van der Waals surface area contributed by atoms with E-state index in [4.69, 9.17) is 9.47 Å².